The molecular formula is C11H13BrO. The van der Waals surface area contributed by atoms with Crippen LogP contribution in [-0.4, -0.2) is 11.2 Å². The molecule has 1 aromatic rings. The van der Waals surface area contributed by atoms with E-state index in [1.165, 1.54) is 5.56 Å². The molecule has 0 radical (unpaired) electrons. The first-order chi connectivity index (χ1) is 6.27. The van der Waals surface area contributed by atoms with Crippen molar-refractivity contribution in [3.05, 3.63) is 34.3 Å². The molecule has 0 aliphatic heterocycles. The van der Waals surface area contributed by atoms with E-state index < -0.39 is 0 Å². The summed E-state index contributed by atoms with van der Waals surface area (Å²) < 4.78 is 1.10. The van der Waals surface area contributed by atoms with Crippen molar-refractivity contribution in [1.82, 2.24) is 0 Å². The van der Waals surface area contributed by atoms with Crippen molar-refractivity contribution >= 4 is 15.9 Å². The Morgan fingerprint density at radius 1 is 1.15 bits per heavy atom. The molecule has 1 N–H and O–H groups in total. The summed E-state index contributed by atoms with van der Waals surface area (Å²) in [5, 5.41) is 9.70. The zero-order chi connectivity index (χ0) is 9.26. The van der Waals surface area contributed by atoms with E-state index in [-0.39, 0.29) is 6.10 Å². The number of aliphatic hydroxyl groups excluding tert-OH is 1. The number of hydrogen-bond acceptors (Lipinski definition) is 1. The molecule has 1 fully saturated rings. The van der Waals surface area contributed by atoms with Crippen molar-refractivity contribution in [3.63, 3.8) is 0 Å². The van der Waals surface area contributed by atoms with Crippen LogP contribution in [0.2, 0.25) is 0 Å². The molecule has 0 saturated heterocycles. The maximum atomic E-state index is 9.70. The maximum Gasteiger partial charge on any atom is 0.0608 e. The summed E-state index contributed by atoms with van der Waals surface area (Å²) in [7, 11) is 0. The van der Waals surface area contributed by atoms with Crippen LogP contribution in [0.15, 0.2) is 28.7 Å². The summed E-state index contributed by atoms with van der Waals surface area (Å²) in [6.07, 6.45) is 3.12. The van der Waals surface area contributed by atoms with Gasteiger partial charge >= 0.3 is 0 Å². The van der Waals surface area contributed by atoms with Gasteiger partial charge in [0.1, 0.15) is 0 Å². The van der Waals surface area contributed by atoms with Gasteiger partial charge in [-0.15, -0.1) is 0 Å². The molecule has 2 rings (SSSR count). The first-order valence-corrected chi connectivity index (χ1v) is 5.50. The molecule has 70 valence electrons. The molecule has 1 saturated carbocycles. The first kappa shape index (κ1) is 9.22. The predicted molar refractivity (Wildman–Crippen MR) is 56.7 cm³/mol. The second-order valence-corrected chi connectivity index (χ2v) is 4.57. The van der Waals surface area contributed by atoms with Crippen molar-refractivity contribution in [2.75, 3.05) is 0 Å². The third kappa shape index (κ3) is 1.94. The molecule has 0 heterocycles. The van der Waals surface area contributed by atoms with E-state index >= 15 is 0 Å². The number of hydrogen-bond donors (Lipinski definition) is 1. The van der Waals surface area contributed by atoms with Gasteiger partial charge in [-0.05, 0) is 30.5 Å². The molecule has 2 heteroatoms. The quantitative estimate of drug-likeness (QED) is 0.801. The van der Waals surface area contributed by atoms with E-state index in [1.807, 2.05) is 12.1 Å². The molecule has 0 amide bonds. The Morgan fingerprint density at radius 3 is 2.38 bits per heavy atom. The van der Waals surface area contributed by atoms with Gasteiger partial charge in [-0.3, -0.25) is 0 Å². The average molecular weight is 241 g/mol. The van der Waals surface area contributed by atoms with Crippen molar-refractivity contribution in [1.29, 1.82) is 0 Å². The highest BCUT2D eigenvalue weighted by molar-refractivity contribution is 9.10. The monoisotopic (exact) mass is 240 g/mol. The van der Waals surface area contributed by atoms with Crippen molar-refractivity contribution in [2.45, 2.75) is 31.3 Å². The molecule has 0 spiro atoms. The molecule has 0 bridgehead atoms. The Kier molecular flexibility index (Phi) is 2.70. The Balaban J connectivity index is 2.20. The standard InChI is InChI=1S/C11H13BrO/c12-9-6-4-8(5-7-9)10-2-1-3-11(10)13/h4-7,10-11,13H,1-3H2/t10?,11-/m0/s1. The third-order valence-electron chi connectivity index (χ3n) is 2.78. The number of aliphatic hydroxyl groups is 1. The minimum atomic E-state index is -0.124. The van der Waals surface area contributed by atoms with Crippen LogP contribution in [-0.2, 0) is 0 Å². The van der Waals surface area contributed by atoms with E-state index in [0.717, 1.165) is 23.7 Å². The van der Waals surface area contributed by atoms with Crippen LogP contribution in [0.1, 0.15) is 30.7 Å². The molecule has 1 unspecified atom stereocenters. The Labute approximate surface area is 86.9 Å². The highest BCUT2D eigenvalue weighted by atomic mass is 79.9. The molecule has 1 nitrogen and oxygen atoms in total. The summed E-state index contributed by atoms with van der Waals surface area (Å²) in [6.45, 7) is 0. The van der Waals surface area contributed by atoms with Crippen LogP contribution < -0.4 is 0 Å². The summed E-state index contributed by atoms with van der Waals surface area (Å²) in [6, 6.07) is 8.29. The number of rotatable bonds is 1. The van der Waals surface area contributed by atoms with Gasteiger partial charge in [-0.25, -0.2) is 0 Å². The van der Waals surface area contributed by atoms with Gasteiger partial charge in [-0.2, -0.15) is 0 Å². The van der Waals surface area contributed by atoms with Crippen LogP contribution in [0.25, 0.3) is 0 Å². The van der Waals surface area contributed by atoms with Crippen molar-refractivity contribution < 1.29 is 5.11 Å². The Morgan fingerprint density at radius 2 is 1.85 bits per heavy atom. The first-order valence-electron chi connectivity index (χ1n) is 4.71. The zero-order valence-corrected chi connectivity index (χ0v) is 9.00. The van der Waals surface area contributed by atoms with Crippen molar-refractivity contribution in [2.24, 2.45) is 0 Å². The molecule has 2 atom stereocenters. The fourth-order valence-corrected chi connectivity index (χ4v) is 2.30. The third-order valence-corrected chi connectivity index (χ3v) is 3.31. The van der Waals surface area contributed by atoms with Crippen molar-refractivity contribution in [3.8, 4) is 0 Å². The lowest BCUT2D eigenvalue weighted by Crippen LogP contribution is -2.10. The summed E-state index contributed by atoms with van der Waals surface area (Å²) in [5.41, 5.74) is 1.27. The minimum Gasteiger partial charge on any atom is -0.392 e. The average Bonchev–Trinajstić information content (AvgIpc) is 2.53. The lowest BCUT2D eigenvalue weighted by Gasteiger charge is -2.14. The second kappa shape index (κ2) is 3.81. The van der Waals surface area contributed by atoms with Gasteiger partial charge in [0, 0.05) is 10.4 Å². The Bertz CT molecular complexity index is 281. The minimum absolute atomic E-state index is 0.124. The normalized spacial score (nSPS) is 27.8. The predicted octanol–water partition coefficient (Wildman–Crippen LogP) is 3.08. The van der Waals surface area contributed by atoms with Crippen LogP contribution in [0, 0.1) is 0 Å². The zero-order valence-electron chi connectivity index (χ0n) is 7.41. The fourth-order valence-electron chi connectivity index (χ4n) is 2.04. The van der Waals surface area contributed by atoms with Crippen LogP contribution in [0.5, 0.6) is 0 Å². The lowest BCUT2D eigenvalue weighted by atomic mass is 9.96. The van der Waals surface area contributed by atoms with Gasteiger partial charge < -0.3 is 5.11 Å². The van der Waals surface area contributed by atoms with E-state index in [1.54, 1.807) is 0 Å². The number of benzene rings is 1. The van der Waals surface area contributed by atoms with Crippen LogP contribution >= 0.6 is 15.9 Å². The number of halogens is 1. The molecule has 1 aromatic carbocycles. The molecular weight excluding hydrogens is 228 g/mol. The molecule has 13 heavy (non-hydrogen) atoms. The Hall–Kier alpha value is -0.340. The van der Waals surface area contributed by atoms with Crippen LogP contribution in [0.4, 0.5) is 0 Å². The van der Waals surface area contributed by atoms with E-state index in [9.17, 15) is 5.11 Å². The van der Waals surface area contributed by atoms with Crippen LogP contribution in [0.3, 0.4) is 0 Å². The van der Waals surface area contributed by atoms with Gasteiger partial charge in [0.2, 0.25) is 0 Å². The van der Waals surface area contributed by atoms with E-state index in [0.29, 0.717) is 5.92 Å². The lowest BCUT2D eigenvalue weighted by molar-refractivity contribution is 0.164. The highest BCUT2D eigenvalue weighted by Crippen LogP contribution is 2.34. The topological polar surface area (TPSA) is 20.2 Å². The van der Waals surface area contributed by atoms with E-state index in [2.05, 4.69) is 28.1 Å². The summed E-state index contributed by atoms with van der Waals surface area (Å²) >= 11 is 3.41. The highest BCUT2D eigenvalue weighted by Gasteiger charge is 2.26. The second-order valence-electron chi connectivity index (χ2n) is 3.66. The molecule has 1 aliphatic carbocycles. The molecule has 0 aromatic heterocycles. The summed E-state index contributed by atoms with van der Waals surface area (Å²) in [5.74, 6) is 0.369. The summed E-state index contributed by atoms with van der Waals surface area (Å²) in [4.78, 5) is 0. The van der Waals surface area contributed by atoms with Gasteiger partial charge in [0.05, 0.1) is 6.10 Å². The largest absolute Gasteiger partial charge is 0.392 e. The maximum absolute atomic E-state index is 9.70. The van der Waals surface area contributed by atoms with E-state index in [4.69, 9.17) is 0 Å². The van der Waals surface area contributed by atoms with Gasteiger partial charge in [0.15, 0.2) is 0 Å². The van der Waals surface area contributed by atoms with Gasteiger partial charge in [0.25, 0.3) is 0 Å². The SMILES string of the molecule is O[C@H]1CCCC1c1ccc(Br)cc1. The smallest absolute Gasteiger partial charge is 0.0608 e. The van der Waals surface area contributed by atoms with Gasteiger partial charge in [-0.1, -0.05) is 34.5 Å². The fraction of sp³-hybridized carbons (Fsp3) is 0.455. The molecule has 1 aliphatic rings.